The van der Waals surface area contributed by atoms with E-state index in [1.807, 2.05) is 29.2 Å². The van der Waals surface area contributed by atoms with Gasteiger partial charge in [-0.05, 0) is 85.0 Å². The molecule has 0 aliphatic carbocycles. The number of likely N-dealkylation sites (tertiary alicyclic amines) is 1. The van der Waals surface area contributed by atoms with Crippen LogP contribution in [0.1, 0.15) is 53.5 Å². The third-order valence-electron chi connectivity index (χ3n) is 10.0. The van der Waals surface area contributed by atoms with Crippen molar-refractivity contribution in [3.05, 3.63) is 142 Å². The Morgan fingerprint density at radius 2 is 1.29 bits per heavy atom. The zero-order chi connectivity index (χ0) is 31.1. The fraction of sp³-hybridized carbons (Fsp3) is 0.359. The molecule has 4 aromatic carbocycles. The molecule has 2 N–H and O–H groups in total. The zero-order valence-electron chi connectivity index (χ0n) is 26.0. The largest absolute Gasteiger partial charge is 0.385 e. The number of fused-ring (bicyclic) bond motifs is 1. The molecule has 4 aromatic rings. The molecule has 2 aliphatic rings. The quantitative estimate of drug-likeness (QED) is 0.208. The van der Waals surface area contributed by atoms with Gasteiger partial charge in [0.25, 0.3) is 0 Å². The van der Waals surface area contributed by atoms with Crippen LogP contribution in [0.2, 0.25) is 5.02 Å². The summed E-state index contributed by atoms with van der Waals surface area (Å²) in [7, 11) is 0. The molecule has 5 nitrogen and oxygen atoms in total. The summed E-state index contributed by atoms with van der Waals surface area (Å²) >= 11 is 6.09. The maximum atomic E-state index is 13.7. The second kappa shape index (κ2) is 14.2. The number of amides is 2. The first kappa shape index (κ1) is 31.3. The molecule has 234 valence electrons. The monoisotopic (exact) mass is 621 g/mol. The van der Waals surface area contributed by atoms with Gasteiger partial charge in [-0.1, -0.05) is 109 Å². The Balaban J connectivity index is 1.15. The van der Waals surface area contributed by atoms with Crippen LogP contribution < -0.4 is 5.32 Å². The van der Waals surface area contributed by atoms with E-state index in [1.165, 1.54) is 22.3 Å². The molecule has 2 aliphatic heterocycles. The topological polar surface area (TPSA) is 55.8 Å². The van der Waals surface area contributed by atoms with Gasteiger partial charge >= 0.3 is 6.03 Å². The number of carbonyl (C=O) groups excluding carboxylic acids is 1. The van der Waals surface area contributed by atoms with Gasteiger partial charge in [0.15, 0.2) is 0 Å². The molecule has 45 heavy (non-hydrogen) atoms. The summed E-state index contributed by atoms with van der Waals surface area (Å²) in [5, 5.41) is 15.5. The molecular formula is C39H44ClN3O2. The second-order valence-electron chi connectivity index (χ2n) is 12.7. The first-order chi connectivity index (χ1) is 22.0. The highest BCUT2D eigenvalue weighted by Crippen LogP contribution is 2.38. The van der Waals surface area contributed by atoms with Crippen LogP contribution in [-0.2, 0) is 23.9 Å². The van der Waals surface area contributed by atoms with Gasteiger partial charge in [-0.25, -0.2) is 4.79 Å². The summed E-state index contributed by atoms with van der Waals surface area (Å²) < 4.78 is 0. The van der Waals surface area contributed by atoms with Crippen LogP contribution in [0.15, 0.2) is 109 Å². The summed E-state index contributed by atoms with van der Waals surface area (Å²) in [4.78, 5) is 18.2. The van der Waals surface area contributed by atoms with E-state index in [9.17, 15) is 9.90 Å². The average Bonchev–Trinajstić information content (AvgIpc) is 3.31. The number of hydrogen-bond acceptors (Lipinski definition) is 3. The van der Waals surface area contributed by atoms with Crippen molar-refractivity contribution in [2.75, 3.05) is 39.3 Å². The summed E-state index contributed by atoms with van der Waals surface area (Å²) in [5.41, 5.74) is 4.90. The molecule has 0 bridgehead atoms. The minimum Gasteiger partial charge on any atom is -0.385 e. The van der Waals surface area contributed by atoms with Crippen LogP contribution in [0.4, 0.5) is 4.79 Å². The van der Waals surface area contributed by atoms with Gasteiger partial charge in [0.05, 0.1) is 5.60 Å². The minimum absolute atomic E-state index is 0.0107. The van der Waals surface area contributed by atoms with Crippen molar-refractivity contribution in [1.29, 1.82) is 0 Å². The fourth-order valence-electron chi connectivity index (χ4n) is 7.27. The Hall–Kier alpha value is -3.64. The van der Waals surface area contributed by atoms with Crippen molar-refractivity contribution in [1.82, 2.24) is 15.1 Å². The van der Waals surface area contributed by atoms with Crippen LogP contribution in [0.25, 0.3) is 0 Å². The van der Waals surface area contributed by atoms with E-state index >= 15 is 0 Å². The van der Waals surface area contributed by atoms with Crippen molar-refractivity contribution in [2.45, 2.75) is 49.5 Å². The molecule has 1 fully saturated rings. The predicted octanol–water partition coefficient (Wildman–Crippen LogP) is 7.20. The number of piperidine rings is 1. The van der Waals surface area contributed by atoms with Crippen LogP contribution in [0.5, 0.6) is 0 Å². The minimum atomic E-state index is -0.808. The number of urea groups is 1. The molecule has 0 unspecified atom stereocenters. The van der Waals surface area contributed by atoms with Crippen LogP contribution in [0.3, 0.4) is 0 Å². The number of benzene rings is 4. The van der Waals surface area contributed by atoms with Crippen molar-refractivity contribution in [3.8, 4) is 0 Å². The lowest BCUT2D eigenvalue weighted by Crippen LogP contribution is -2.48. The number of nitrogens with zero attached hydrogens (tertiary/aromatic N) is 2. The van der Waals surface area contributed by atoms with Crippen molar-refractivity contribution in [2.24, 2.45) is 0 Å². The SMILES string of the molecule is O=C(NCC(CCCN1CCC(O)(c2ccc(Cl)cc2)CC1)(c1ccccc1)c1ccccc1)N1CCc2ccccc2CC1. The predicted molar refractivity (Wildman–Crippen MR) is 183 cm³/mol. The molecular weight excluding hydrogens is 578 g/mol. The Morgan fingerprint density at radius 3 is 1.84 bits per heavy atom. The molecule has 2 heterocycles. The standard InChI is InChI=1S/C39H44ClN3O2/c40-36-18-16-35(17-19-36)39(45)23-28-42(29-24-39)25-9-22-38(33-12-3-1-4-13-33,34-14-5-2-6-15-34)30-41-37(44)43-26-20-31-10-7-8-11-32(31)21-27-43/h1-8,10-19,45H,9,20-30H2,(H,41,44). The second-order valence-corrected chi connectivity index (χ2v) is 13.1. The van der Waals surface area contributed by atoms with Gasteiger partial charge in [0.2, 0.25) is 0 Å². The Morgan fingerprint density at radius 1 is 0.756 bits per heavy atom. The van der Waals surface area contributed by atoms with Crippen molar-refractivity contribution in [3.63, 3.8) is 0 Å². The number of rotatable bonds is 9. The van der Waals surface area contributed by atoms with Gasteiger partial charge < -0.3 is 20.2 Å². The van der Waals surface area contributed by atoms with Gasteiger partial charge in [-0.15, -0.1) is 0 Å². The third kappa shape index (κ3) is 7.27. The lowest BCUT2D eigenvalue weighted by Gasteiger charge is -2.40. The number of aliphatic hydroxyl groups is 1. The van der Waals surface area contributed by atoms with E-state index in [0.29, 0.717) is 24.4 Å². The molecule has 2 amide bonds. The number of carbonyl (C=O) groups is 1. The highest BCUT2D eigenvalue weighted by Gasteiger charge is 2.37. The highest BCUT2D eigenvalue weighted by atomic mass is 35.5. The Labute approximate surface area is 272 Å². The molecule has 1 saturated heterocycles. The average molecular weight is 622 g/mol. The maximum Gasteiger partial charge on any atom is 0.317 e. The van der Waals surface area contributed by atoms with E-state index in [1.54, 1.807) is 0 Å². The molecule has 6 rings (SSSR count). The van der Waals surface area contributed by atoms with Gasteiger partial charge in [0, 0.05) is 43.2 Å². The van der Waals surface area contributed by atoms with E-state index in [-0.39, 0.29) is 11.4 Å². The summed E-state index contributed by atoms with van der Waals surface area (Å²) in [6.07, 6.45) is 5.03. The lowest BCUT2D eigenvalue weighted by atomic mass is 9.71. The first-order valence-corrected chi connectivity index (χ1v) is 16.7. The first-order valence-electron chi connectivity index (χ1n) is 16.4. The fourth-order valence-corrected chi connectivity index (χ4v) is 7.40. The molecule has 0 spiro atoms. The van der Waals surface area contributed by atoms with E-state index in [4.69, 9.17) is 11.6 Å². The maximum absolute atomic E-state index is 13.7. The molecule has 0 aromatic heterocycles. The summed E-state index contributed by atoms with van der Waals surface area (Å²) in [5.74, 6) is 0. The van der Waals surface area contributed by atoms with Gasteiger partial charge in [0.1, 0.15) is 0 Å². The molecule has 0 saturated carbocycles. The Kier molecular flexibility index (Phi) is 9.89. The van der Waals surface area contributed by atoms with Crippen molar-refractivity contribution >= 4 is 17.6 Å². The van der Waals surface area contributed by atoms with Crippen LogP contribution >= 0.6 is 11.6 Å². The van der Waals surface area contributed by atoms with E-state index < -0.39 is 5.60 Å². The van der Waals surface area contributed by atoms with Crippen LogP contribution in [-0.4, -0.2) is 60.2 Å². The molecule has 6 heteroatoms. The van der Waals surface area contributed by atoms with E-state index in [0.717, 1.165) is 64.0 Å². The normalized spacial score (nSPS) is 16.9. The summed E-state index contributed by atoms with van der Waals surface area (Å²) in [6.45, 7) is 4.61. The third-order valence-corrected chi connectivity index (χ3v) is 10.3. The molecule has 0 atom stereocenters. The zero-order valence-corrected chi connectivity index (χ0v) is 26.8. The smallest absolute Gasteiger partial charge is 0.317 e. The summed E-state index contributed by atoms with van der Waals surface area (Å²) in [6, 6.07) is 37.5. The molecule has 0 radical (unpaired) electrons. The Bertz CT molecular complexity index is 1470. The number of halogens is 1. The number of nitrogens with one attached hydrogen (secondary N) is 1. The number of hydrogen-bond donors (Lipinski definition) is 2. The lowest BCUT2D eigenvalue weighted by molar-refractivity contribution is -0.0262. The van der Waals surface area contributed by atoms with Crippen LogP contribution in [0, 0.1) is 0 Å². The van der Waals surface area contributed by atoms with Gasteiger partial charge in [-0.2, -0.15) is 0 Å². The van der Waals surface area contributed by atoms with Crippen molar-refractivity contribution < 1.29 is 9.90 Å². The van der Waals surface area contributed by atoms with E-state index in [2.05, 4.69) is 95.1 Å². The highest BCUT2D eigenvalue weighted by molar-refractivity contribution is 6.30. The van der Waals surface area contributed by atoms with Gasteiger partial charge in [-0.3, -0.25) is 0 Å².